The molecule has 0 fully saturated rings. The van der Waals surface area contributed by atoms with Crippen molar-refractivity contribution in [3.63, 3.8) is 0 Å². The van der Waals surface area contributed by atoms with Gasteiger partial charge in [0.1, 0.15) is 5.75 Å². The summed E-state index contributed by atoms with van der Waals surface area (Å²) < 4.78 is 19.7. The molecule has 192 valence electrons. The van der Waals surface area contributed by atoms with Gasteiger partial charge in [0.15, 0.2) is 5.75 Å². The molecule has 0 bridgehead atoms. The van der Waals surface area contributed by atoms with Crippen LogP contribution < -0.4 is 19.8 Å². The molecule has 0 aliphatic heterocycles. The van der Waals surface area contributed by atoms with Gasteiger partial charge in [-0.1, -0.05) is 78.1 Å². The summed E-state index contributed by atoms with van der Waals surface area (Å²) in [5.74, 6) is 1.65. The summed E-state index contributed by atoms with van der Waals surface area (Å²) in [4.78, 5) is 13.7. The van der Waals surface area contributed by atoms with E-state index in [2.05, 4.69) is 13.8 Å². The molecule has 0 amide bonds. The lowest BCUT2D eigenvalue weighted by Gasteiger charge is -2.20. The van der Waals surface area contributed by atoms with E-state index in [1.54, 1.807) is 7.11 Å². The van der Waals surface area contributed by atoms with Gasteiger partial charge in [0.05, 0.1) is 25.3 Å². The van der Waals surface area contributed by atoms with Gasteiger partial charge in [0.25, 0.3) is 5.56 Å². The lowest BCUT2D eigenvalue weighted by atomic mass is 10.1. The highest BCUT2D eigenvalue weighted by molar-refractivity contribution is 5.89. The number of unbranched alkanes of at least 4 members (excludes halogenated alkanes) is 10. The van der Waals surface area contributed by atoms with Crippen LogP contribution in [0.4, 0.5) is 0 Å². The Morgan fingerprint density at radius 1 is 0.824 bits per heavy atom. The Labute approximate surface area is 206 Å². The summed E-state index contributed by atoms with van der Waals surface area (Å²) in [5, 5.41) is 0.901. The van der Waals surface area contributed by atoms with E-state index in [-0.39, 0.29) is 11.7 Å². The molecule has 1 heterocycles. The van der Waals surface area contributed by atoms with E-state index in [1.807, 2.05) is 36.6 Å². The van der Waals surface area contributed by atoms with Crippen LogP contribution in [0.25, 0.3) is 10.9 Å². The predicted molar refractivity (Wildman–Crippen MR) is 143 cm³/mol. The molecule has 0 atom stereocenters. The Balaban J connectivity index is 2.31. The molecule has 0 spiro atoms. The smallest absolute Gasteiger partial charge is 0.297 e. The molecular formula is C29H47NO4. The number of methoxy groups -OCH3 is 1. The van der Waals surface area contributed by atoms with Gasteiger partial charge in [-0.15, -0.1) is 0 Å². The first-order chi connectivity index (χ1) is 16.5. The second kappa shape index (κ2) is 15.7. The topological polar surface area (TPSA) is 49.7 Å². The highest BCUT2D eigenvalue weighted by Crippen LogP contribution is 2.35. The van der Waals surface area contributed by atoms with E-state index < -0.39 is 0 Å². The summed E-state index contributed by atoms with van der Waals surface area (Å²) in [6, 6.07) is 5.85. The number of hydrogen-bond donors (Lipinski definition) is 0. The van der Waals surface area contributed by atoms with Crippen LogP contribution in [0.3, 0.4) is 0 Å². The standard InChI is InChI=1S/C29H47NO4/c1-6-8-10-12-14-16-20-30-26-22-24(32-5)18-19-25(26)27(34-23(3)4)28(29(30)31)33-21-17-15-13-11-9-7-2/h18-19,22-23H,6-17,20-21H2,1-5H3. The highest BCUT2D eigenvalue weighted by Gasteiger charge is 2.21. The summed E-state index contributed by atoms with van der Waals surface area (Å²) in [6.07, 6.45) is 14.1. The molecule has 0 saturated carbocycles. The first-order valence-corrected chi connectivity index (χ1v) is 13.6. The fourth-order valence-electron chi connectivity index (χ4n) is 4.31. The molecule has 0 aliphatic carbocycles. The third-order valence-corrected chi connectivity index (χ3v) is 6.22. The molecule has 5 heteroatoms. The molecule has 0 N–H and O–H groups in total. The Bertz CT molecular complexity index is 903. The average Bonchev–Trinajstić information content (AvgIpc) is 2.83. The van der Waals surface area contributed by atoms with Crippen LogP contribution in [-0.4, -0.2) is 24.4 Å². The molecule has 0 unspecified atom stereocenters. The number of ether oxygens (including phenoxy) is 3. The first-order valence-electron chi connectivity index (χ1n) is 13.6. The number of rotatable bonds is 18. The van der Waals surface area contributed by atoms with Crippen molar-refractivity contribution < 1.29 is 14.2 Å². The minimum atomic E-state index is -0.101. The molecule has 1 aromatic heterocycles. The Kier molecular flexibility index (Phi) is 12.9. The number of fused-ring (bicyclic) bond motifs is 1. The second-order valence-corrected chi connectivity index (χ2v) is 9.55. The fourth-order valence-corrected chi connectivity index (χ4v) is 4.31. The van der Waals surface area contributed by atoms with E-state index >= 15 is 0 Å². The SMILES string of the molecule is CCCCCCCCOc1c(OC(C)C)c2ccc(OC)cc2n(CCCCCCCC)c1=O. The van der Waals surface area contributed by atoms with Gasteiger partial charge in [-0.05, 0) is 38.8 Å². The average molecular weight is 474 g/mol. The van der Waals surface area contributed by atoms with Crippen molar-refractivity contribution >= 4 is 10.9 Å². The van der Waals surface area contributed by atoms with Gasteiger partial charge in [-0.2, -0.15) is 0 Å². The maximum atomic E-state index is 13.7. The normalized spacial score (nSPS) is 11.4. The largest absolute Gasteiger partial charge is 0.497 e. The van der Waals surface area contributed by atoms with E-state index in [4.69, 9.17) is 14.2 Å². The minimum Gasteiger partial charge on any atom is -0.497 e. The van der Waals surface area contributed by atoms with Crippen molar-refractivity contribution in [2.45, 2.75) is 117 Å². The summed E-state index contributed by atoms with van der Waals surface area (Å²) in [5.41, 5.74) is 0.747. The van der Waals surface area contributed by atoms with Crippen LogP contribution in [0.15, 0.2) is 23.0 Å². The Morgan fingerprint density at radius 2 is 1.44 bits per heavy atom. The molecule has 2 rings (SSSR count). The number of aromatic nitrogens is 1. The van der Waals surface area contributed by atoms with Crippen LogP contribution in [0.5, 0.6) is 17.2 Å². The molecule has 0 aliphatic rings. The third kappa shape index (κ3) is 8.56. The number of hydrogen-bond acceptors (Lipinski definition) is 4. The molecule has 0 saturated heterocycles. The lowest BCUT2D eigenvalue weighted by Crippen LogP contribution is -2.25. The van der Waals surface area contributed by atoms with Crippen LogP contribution >= 0.6 is 0 Å². The maximum absolute atomic E-state index is 13.7. The van der Waals surface area contributed by atoms with Crippen molar-refractivity contribution in [2.24, 2.45) is 0 Å². The highest BCUT2D eigenvalue weighted by atomic mass is 16.5. The summed E-state index contributed by atoms with van der Waals surface area (Å²) in [7, 11) is 1.65. The second-order valence-electron chi connectivity index (χ2n) is 9.55. The van der Waals surface area contributed by atoms with Gasteiger partial charge >= 0.3 is 0 Å². The van der Waals surface area contributed by atoms with Crippen molar-refractivity contribution in [1.82, 2.24) is 4.57 Å². The molecule has 2 aromatic rings. The van der Waals surface area contributed by atoms with Gasteiger partial charge in [0.2, 0.25) is 5.75 Å². The molecule has 0 radical (unpaired) electrons. The molecule has 1 aromatic carbocycles. The Morgan fingerprint density at radius 3 is 2.06 bits per heavy atom. The summed E-state index contributed by atoms with van der Waals surface area (Å²) in [6.45, 7) is 9.62. The maximum Gasteiger partial charge on any atom is 0.297 e. The molecule has 5 nitrogen and oxygen atoms in total. The van der Waals surface area contributed by atoms with Gasteiger partial charge < -0.3 is 18.8 Å². The van der Waals surface area contributed by atoms with E-state index in [1.165, 1.54) is 51.4 Å². The molecular weight excluding hydrogens is 426 g/mol. The fraction of sp³-hybridized carbons (Fsp3) is 0.690. The summed E-state index contributed by atoms with van der Waals surface area (Å²) >= 11 is 0. The Hall–Kier alpha value is -2.17. The number of pyridine rings is 1. The zero-order valence-corrected chi connectivity index (χ0v) is 22.3. The number of nitrogens with zero attached hydrogens (tertiary/aromatic N) is 1. The quantitative estimate of drug-likeness (QED) is 0.206. The van der Waals surface area contributed by atoms with E-state index in [0.29, 0.717) is 24.7 Å². The van der Waals surface area contributed by atoms with Crippen LogP contribution in [-0.2, 0) is 6.54 Å². The molecule has 34 heavy (non-hydrogen) atoms. The number of aryl methyl sites for hydroxylation is 1. The van der Waals surface area contributed by atoms with Crippen LogP contribution in [0.1, 0.15) is 105 Å². The van der Waals surface area contributed by atoms with Crippen molar-refractivity contribution in [2.75, 3.05) is 13.7 Å². The zero-order valence-electron chi connectivity index (χ0n) is 22.3. The number of benzene rings is 1. The first kappa shape index (κ1) is 28.1. The van der Waals surface area contributed by atoms with Gasteiger partial charge in [0, 0.05) is 18.0 Å². The van der Waals surface area contributed by atoms with Crippen LogP contribution in [0, 0.1) is 0 Å². The van der Waals surface area contributed by atoms with E-state index in [0.717, 1.165) is 42.3 Å². The van der Waals surface area contributed by atoms with Gasteiger partial charge in [-0.25, -0.2) is 0 Å². The van der Waals surface area contributed by atoms with Gasteiger partial charge in [-0.3, -0.25) is 4.79 Å². The van der Waals surface area contributed by atoms with Crippen LogP contribution in [0.2, 0.25) is 0 Å². The van der Waals surface area contributed by atoms with Crippen molar-refractivity contribution in [3.8, 4) is 17.2 Å². The zero-order chi connectivity index (χ0) is 24.8. The van der Waals surface area contributed by atoms with Crippen molar-refractivity contribution in [1.29, 1.82) is 0 Å². The predicted octanol–water partition coefficient (Wildman–Crippen LogP) is 7.90. The van der Waals surface area contributed by atoms with Crippen molar-refractivity contribution in [3.05, 3.63) is 28.6 Å². The van der Waals surface area contributed by atoms with E-state index in [9.17, 15) is 4.79 Å². The monoisotopic (exact) mass is 473 g/mol. The third-order valence-electron chi connectivity index (χ3n) is 6.22. The lowest BCUT2D eigenvalue weighted by molar-refractivity contribution is 0.219. The minimum absolute atomic E-state index is 0.0597.